The molecule has 4 unspecified atom stereocenters. The summed E-state index contributed by atoms with van der Waals surface area (Å²) >= 11 is 0. The highest BCUT2D eigenvalue weighted by Gasteiger charge is 2.36. The second kappa shape index (κ2) is 8.81. The molecule has 0 radical (unpaired) electrons. The Morgan fingerprint density at radius 3 is 2.33 bits per heavy atom. The van der Waals surface area contributed by atoms with Crippen LogP contribution in [0.5, 0.6) is 0 Å². The molecule has 0 saturated heterocycles. The van der Waals surface area contributed by atoms with Crippen molar-refractivity contribution >= 4 is 11.8 Å². The van der Waals surface area contributed by atoms with Gasteiger partial charge in [-0.2, -0.15) is 0 Å². The predicted molar refractivity (Wildman–Crippen MR) is 135 cm³/mol. The Morgan fingerprint density at radius 2 is 1.55 bits per heavy atom. The third-order valence-corrected chi connectivity index (χ3v) is 7.07. The van der Waals surface area contributed by atoms with E-state index in [4.69, 9.17) is 9.57 Å². The van der Waals surface area contributed by atoms with Crippen molar-refractivity contribution in [3.63, 3.8) is 0 Å². The smallest absolute Gasteiger partial charge is 0.100 e. The van der Waals surface area contributed by atoms with E-state index in [0.29, 0.717) is 0 Å². The predicted octanol–water partition coefficient (Wildman–Crippen LogP) is 7.46. The Labute approximate surface area is 197 Å². The topological polar surface area (TPSA) is 21.7 Å². The van der Waals surface area contributed by atoms with Gasteiger partial charge in [-0.25, -0.2) is 5.06 Å². The maximum atomic E-state index is 6.87. The third kappa shape index (κ3) is 4.01. The van der Waals surface area contributed by atoms with E-state index in [9.17, 15) is 0 Å². The van der Waals surface area contributed by atoms with Crippen molar-refractivity contribution in [2.24, 2.45) is 0 Å². The molecule has 2 aliphatic rings. The SMILES string of the molecule is Cc1cc(C)c2c(c1)C1C=Cc3ccccc3N1OC(C)C(c1ccccc1)C(C)O[C@@H]2C. The number of hydrogen-bond acceptors (Lipinski definition) is 3. The molecule has 0 amide bonds. The van der Waals surface area contributed by atoms with Crippen molar-refractivity contribution in [2.45, 2.75) is 64.9 Å². The van der Waals surface area contributed by atoms with Crippen LogP contribution >= 0.6 is 0 Å². The molecule has 3 heteroatoms. The molecular weight excluding hydrogens is 406 g/mol. The van der Waals surface area contributed by atoms with Crippen LogP contribution in [0, 0.1) is 13.8 Å². The first-order valence-electron chi connectivity index (χ1n) is 12.0. The number of benzene rings is 3. The van der Waals surface area contributed by atoms with Crippen LogP contribution in [-0.2, 0) is 9.57 Å². The number of rotatable bonds is 1. The number of anilines is 1. The van der Waals surface area contributed by atoms with Crippen LogP contribution < -0.4 is 5.06 Å². The standard InChI is InChI=1S/C30H33NO2/c1-19-17-20(2)29-21(3)32-22(4)30(25-12-7-6-8-13-25)23(5)33-31-27-14-10-9-11-24(27)15-16-28(31)26(29)18-19/h6-18,21-23,28,30H,1-5H3/t21-,22?,23?,28?,30?/m1/s1. The van der Waals surface area contributed by atoms with E-state index < -0.39 is 0 Å². The molecule has 0 aromatic heterocycles. The number of para-hydroxylation sites is 1. The molecule has 2 heterocycles. The minimum atomic E-state index is -0.0795. The lowest BCUT2D eigenvalue weighted by Gasteiger charge is -2.42. The fourth-order valence-electron chi connectivity index (χ4n) is 5.73. The maximum Gasteiger partial charge on any atom is 0.100 e. The summed E-state index contributed by atoms with van der Waals surface area (Å²) in [4.78, 5) is 6.87. The molecule has 2 aliphatic heterocycles. The van der Waals surface area contributed by atoms with Crippen LogP contribution in [0.1, 0.15) is 72.2 Å². The first-order chi connectivity index (χ1) is 15.9. The summed E-state index contributed by atoms with van der Waals surface area (Å²) in [6.07, 6.45) is 4.37. The lowest BCUT2D eigenvalue weighted by atomic mass is 9.87. The number of hydroxylamine groups is 1. The van der Waals surface area contributed by atoms with E-state index in [-0.39, 0.29) is 30.3 Å². The first-order valence-corrected chi connectivity index (χ1v) is 12.0. The maximum absolute atomic E-state index is 6.87. The molecule has 0 aliphatic carbocycles. The van der Waals surface area contributed by atoms with Gasteiger partial charge in [0.15, 0.2) is 0 Å². The third-order valence-electron chi connectivity index (χ3n) is 7.07. The van der Waals surface area contributed by atoms with Crippen molar-refractivity contribution in [3.05, 3.63) is 106 Å². The van der Waals surface area contributed by atoms with Crippen LogP contribution in [0.25, 0.3) is 6.08 Å². The number of ether oxygens (including phenoxy) is 1. The number of fused-ring (bicyclic) bond motifs is 5. The summed E-state index contributed by atoms with van der Waals surface area (Å²) in [6, 6.07) is 23.7. The van der Waals surface area contributed by atoms with Gasteiger partial charge in [0.25, 0.3) is 0 Å². The molecule has 3 nitrogen and oxygen atoms in total. The molecule has 5 rings (SSSR count). The molecule has 170 valence electrons. The zero-order chi connectivity index (χ0) is 23.1. The average molecular weight is 440 g/mol. The summed E-state index contributed by atoms with van der Waals surface area (Å²) in [5.74, 6) is 0.0969. The van der Waals surface area contributed by atoms with Gasteiger partial charge in [-0.15, -0.1) is 0 Å². The highest BCUT2D eigenvalue weighted by atomic mass is 16.7. The van der Waals surface area contributed by atoms with E-state index in [1.807, 2.05) is 0 Å². The van der Waals surface area contributed by atoms with E-state index >= 15 is 0 Å². The van der Waals surface area contributed by atoms with E-state index in [2.05, 4.69) is 119 Å². The zero-order valence-corrected chi connectivity index (χ0v) is 20.2. The van der Waals surface area contributed by atoms with Crippen LogP contribution in [0.2, 0.25) is 0 Å². The monoisotopic (exact) mass is 439 g/mol. The van der Waals surface area contributed by atoms with Crippen molar-refractivity contribution in [1.29, 1.82) is 0 Å². The molecule has 0 fully saturated rings. The van der Waals surface area contributed by atoms with Crippen molar-refractivity contribution in [3.8, 4) is 0 Å². The van der Waals surface area contributed by atoms with E-state index in [1.54, 1.807) is 0 Å². The van der Waals surface area contributed by atoms with Crippen LogP contribution in [0.4, 0.5) is 5.69 Å². The first kappa shape index (κ1) is 21.9. The lowest BCUT2D eigenvalue weighted by Crippen LogP contribution is -2.40. The average Bonchev–Trinajstić information content (AvgIpc) is 2.79. The molecule has 5 atom stereocenters. The molecule has 0 spiro atoms. The quantitative estimate of drug-likeness (QED) is 0.393. The van der Waals surface area contributed by atoms with Gasteiger partial charge in [0.1, 0.15) is 6.04 Å². The van der Waals surface area contributed by atoms with Gasteiger partial charge in [-0.05, 0) is 68.5 Å². The highest BCUT2D eigenvalue weighted by Crippen LogP contribution is 2.44. The summed E-state index contributed by atoms with van der Waals surface area (Å²) in [5, 5.41) is 2.14. The van der Waals surface area contributed by atoms with Gasteiger partial charge in [0.05, 0.1) is 24.0 Å². The summed E-state index contributed by atoms with van der Waals surface area (Å²) in [5.41, 5.74) is 8.56. The Morgan fingerprint density at radius 1 is 0.818 bits per heavy atom. The van der Waals surface area contributed by atoms with Gasteiger partial charge in [-0.3, -0.25) is 4.84 Å². The summed E-state index contributed by atoms with van der Waals surface area (Å²) < 4.78 is 6.74. The normalized spacial score (nSPS) is 26.8. The summed E-state index contributed by atoms with van der Waals surface area (Å²) in [7, 11) is 0. The Hall–Kier alpha value is -2.88. The van der Waals surface area contributed by atoms with Crippen molar-refractivity contribution < 1.29 is 9.57 Å². The zero-order valence-electron chi connectivity index (χ0n) is 20.2. The van der Waals surface area contributed by atoms with Crippen LogP contribution in [0.3, 0.4) is 0 Å². The van der Waals surface area contributed by atoms with E-state index in [1.165, 1.54) is 33.4 Å². The minimum absolute atomic E-state index is 0.0157. The van der Waals surface area contributed by atoms with Gasteiger partial charge < -0.3 is 4.74 Å². The molecule has 3 aromatic rings. The van der Waals surface area contributed by atoms with Crippen LogP contribution in [-0.4, -0.2) is 12.2 Å². The molecule has 0 bridgehead atoms. The fraction of sp³-hybridized carbons (Fsp3) is 0.333. The number of aryl methyl sites for hydroxylation is 2. The molecule has 0 saturated carbocycles. The lowest BCUT2D eigenvalue weighted by molar-refractivity contribution is -0.0642. The van der Waals surface area contributed by atoms with E-state index in [0.717, 1.165) is 5.69 Å². The highest BCUT2D eigenvalue weighted by molar-refractivity contribution is 5.72. The van der Waals surface area contributed by atoms with Gasteiger partial charge >= 0.3 is 0 Å². The second-order valence-electron chi connectivity index (χ2n) is 9.50. The molecular formula is C30H33NO2. The summed E-state index contributed by atoms with van der Waals surface area (Å²) in [6.45, 7) is 10.9. The Balaban J connectivity index is 1.70. The number of nitrogens with zero attached hydrogens (tertiary/aromatic N) is 1. The molecule has 3 aromatic carbocycles. The van der Waals surface area contributed by atoms with Crippen molar-refractivity contribution in [1.82, 2.24) is 0 Å². The Kier molecular flexibility index (Phi) is 5.86. The largest absolute Gasteiger partial charge is 0.370 e. The molecule has 0 N–H and O–H groups in total. The van der Waals surface area contributed by atoms with Gasteiger partial charge in [0, 0.05) is 5.92 Å². The van der Waals surface area contributed by atoms with Gasteiger partial charge in [0.2, 0.25) is 0 Å². The number of hydrogen-bond donors (Lipinski definition) is 0. The minimum Gasteiger partial charge on any atom is -0.370 e. The Bertz CT molecular complexity index is 1170. The molecule has 33 heavy (non-hydrogen) atoms. The fourth-order valence-corrected chi connectivity index (χ4v) is 5.73. The van der Waals surface area contributed by atoms with Crippen LogP contribution in [0.15, 0.2) is 72.8 Å². The second-order valence-corrected chi connectivity index (χ2v) is 9.50. The van der Waals surface area contributed by atoms with Crippen molar-refractivity contribution in [2.75, 3.05) is 5.06 Å². The van der Waals surface area contributed by atoms with Gasteiger partial charge in [-0.1, -0.05) is 78.4 Å².